The summed E-state index contributed by atoms with van der Waals surface area (Å²) in [6, 6.07) is 5.32. The molecule has 21 heavy (non-hydrogen) atoms. The van der Waals surface area contributed by atoms with E-state index in [2.05, 4.69) is 10.3 Å². The number of amidine groups is 1. The van der Waals surface area contributed by atoms with E-state index >= 15 is 0 Å². The molecule has 0 spiro atoms. The summed E-state index contributed by atoms with van der Waals surface area (Å²) in [5, 5.41) is 2.99. The van der Waals surface area contributed by atoms with E-state index in [9.17, 15) is 18.0 Å². The Morgan fingerprint density at radius 2 is 2.00 bits per heavy atom. The van der Waals surface area contributed by atoms with Crippen LogP contribution in [0.3, 0.4) is 0 Å². The lowest BCUT2D eigenvalue weighted by atomic mass is 10.1. The van der Waals surface area contributed by atoms with Crippen molar-refractivity contribution in [2.45, 2.75) is 37.7 Å². The molecule has 1 fully saturated rings. The van der Waals surface area contributed by atoms with Crippen LogP contribution < -0.4 is 5.32 Å². The third kappa shape index (κ3) is 3.40. The zero-order valence-electron chi connectivity index (χ0n) is 11.6. The lowest BCUT2D eigenvalue weighted by Gasteiger charge is -2.14. The molecule has 1 aliphatic heterocycles. The molecule has 0 aliphatic carbocycles. The van der Waals surface area contributed by atoms with Gasteiger partial charge in [0.1, 0.15) is 0 Å². The molecule has 0 radical (unpaired) electrons. The quantitative estimate of drug-likeness (QED) is 0.926. The van der Waals surface area contributed by atoms with Gasteiger partial charge in [-0.05, 0) is 25.0 Å². The van der Waals surface area contributed by atoms with Crippen LogP contribution in [0.25, 0.3) is 0 Å². The fraction of sp³-hybridized carbons (Fsp3) is 0.429. The summed E-state index contributed by atoms with van der Waals surface area (Å²) in [6.45, 7) is 3.56. The van der Waals surface area contributed by atoms with E-state index in [0.29, 0.717) is 11.6 Å². The molecule has 1 aliphatic rings. The Kier molecular flexibility index (Phi) is 4.32. The third-order valence-corrected chi connectivity index (χ3v) is 4.76. The highest BCUT2D eigenvalue weighted by molar-refractivity contribution is 8.16. The maximum Gasteiger partial charge on any atom is 0.416 e. The zero-order chi connectivity index (χ0) is 15.7. The summed E-state index contributed by atoms with van der Waals surface area (Å²) in [5.74, 6) is -0.155. The smallest absolute Gasteiger partial charge is 0.304 e. The first-order valence-corrected chi connectivity index (χ1v) is 7.28. The second kappa shape index (κ2) is 5.71. The molecule has 1 amide bonds. The molecular weight excluding hydrogens is 301 g/mol. The number of rotatable bonds is 3. The van der Waals surface area contributed by atoms with Gasteiger partial charge in [-0.15, -0.1) is 0 Å². The molecule has 1 atom stereocenters. The molecule has 7 heteroatoms. The Hall–Kier alpha value is -1.50. The van der Waals surface area contributed by atoms with Crippen LogP contribution in [0.1, 0.15) is 31.4 Å². The summed E-state index contributed by atoms with van der Waals surface area (Å²) in [6.07, 6.45) is -3.78. The number of thioether (sulfide) groups is 1. The number of hydrogen-bond donors (Lipinski definition) is 1. The molecule has 0 aromatic heterocycles. The number of carbonyl (C=O) groups is 1. The maximum atomic E-state index is 12.9. The van der Waals surface area contributed by atoms with Crippen LogP contribution >= 0.6 is 11.8 Å². The molecular formula is C14H15F3N2OS. The van der Waals surface area contributed by atoms with Crippen LogP contribution in [-0.4, -0.2) is 15.8 Å². The first kappa shape index (κ1) is 15.9. The molecule has 0 saturated carbocycles. The molecule has 0 bridgehead atoms. The first-order valence-electron chi connectivity index (χ1n) is 6.46. The maximum absolute atomic E-state index is 12.9. The number of halogens is 3. The van der Waals surface area contributed by atoms with Crippen molar-refractivity contribution in [3.63, 3.8) is 0 Å². The van der Waals surface area contributed by atoms with Crippen LogP contribution in [0.4, 0.5) is 13.2 Å². The molecule has 1 heterocycles. The van der Waals surface area contributed by atoms with E-state index in [0.717, 1.165) is 6.07 Å². The van der Waals surface area contributed by atoms with Gasteiger partial charge in [0.05, 0.1) is 16.9 Å². The molecule has 1 N–H and O–H groups in total. The topological polar surface area (TPSA) is 41.5 Å². The van der Waals surface area contributed by atoms with Gasteiger partial charge in [0, 0.05) is 0 Å². The highest BCUT2D eigenvalue weighted by Gasteiger charge is 2.40. The molecule has 2 rings (SSSR count). The van der Waals surface area contributed by atoms with Crippen molar-refractivity contribution in [3.8, 4) is 0 Å². The van der Waals surface area contributed by atoms with E-state index in [1.54, 1.807) is 13.0 Å². The normalized spacial score (nSPS) is 24.4. The van der Waals surface area contributed by atoms with Gasteiger partial charge < -0.3 is 5.32 Å². The highest BCUT2D eigenvalue weighted by Crippen LogP contribution is 2.35. The summed E-state index contributed by atoms with van der Waals surface area (Å²) in [7, 11) is 0. The predicted octanol–water partition coefficient (Wildman–Crippen LogP) is 3.59. The predicted molar refractivity (Wildman–Crippen MR) is 77.0 cm³/mol. The van der Waals surface area contributed by atoms with Gasteiger partial charge >= 0.3 is 6.18 Å². The van der Waals surface area contributed by atoms with E-state index < -0.39 is 16.5 Å². The number of benzene rings is 1. The van der Waals surface area contributed by atoms with Crippen molar-refractivity contribution in [1.29, 1.82) is 0 Å². The van der Waals surface area contributed by atoms with Gasteiger partial charge in [-0.25, -0.2) is 0 Å². The summed E-state index contributed by atoms with van der Waals surface area (Å²) in [4.78, 5) is 15.9. The van der Waals surface area contributed by atoms with Crippen molar-refractivity contribution in [1.82, 2.24) is 5.32 Å². The van der Waals surface area contributed by atoms with Crippen LogP contribution in [0.15, 0.2) is 29.3 Å². The Morgan fingerprint density at radius 3 is 2.57 bits per heavy atom. The van der Waals surface area contributed by atoms with Crippen LogP contribution in [0, 0.1) is 0 Å². The Labute approximate surface area is 125 Å². The fourth-order valence-corrected chi connectivity index (χ4v) is 2.90. The fourth-order valence-electron chi connectivity index (χ4n) is 1.91. The molecule has 1 saturated heterocycles. The minimum atomic E-state index is -4.40. The van der Waals surface area contributed by atoms with Gasteiger partial charge in [0.15, 0.2) is 5.17 Å². The number of nitrogens with one attached hydrogen (secondary N) is 1. The minimum Gasteiger partial charge on any atom is -0.304 e. The largest absolute Gasteiger partial charge is 0.416 e. The molecule has 1 aromatic carbocycles. The van der Waals surface area contributed by atoms with Gasteiger partial charge in [0.2, 0.25) is 5.91 Å². The highest BCUT2D eigenvalue weighted by atomic mass is 32.2. The molecule has 1 unspecified atom stereocenters. The zero-order valence-corrected chi connectivity index (χ0v) is 12.4. The molecule has 3 nitrogen and oxygen atoms in total. The summed E-state index contributed by atoms with van der Waals surface area (Å²) < 4.78 is 38.0. The van der Waals surface area contributed by atoms with Gasteiger partial charge in [-0.3, -0.25) is 9.79 Å². The monoisotopic (exact) mass is 316 g/mol. The summed E-state index contributed by atoms with van der Waals surface area (Å²) in [5.41, 5.74) is -0.598. The lowest BCUT2D eigenvalue weighted by Crippen LogP contribution is -2.33. The van der Waals surface area contributed by atoms with E-state index in [-0.39, 0.29) is 18.0 Å². The van der Waals surface area contributed by atoms with Gasteiger partial charge in [-0.1, -0.05) is 36.9 Å². The number of hydrogen-bond acceptors (Lipinski definition) is 3. The standard InChI is InChI=1S/C14H15F3N2OS/c1-3-13(2)11(20)19-12(21-13)18-8-9-6-4-5-7-10(9)14(15,16)17/h4-7H,3,8H2,1-2H3,(H,18,19,20). The Morgan fingerprint density at radius 1 is 1.33 bits per heavy atom. The van der Waals surface area contributed by atoms with Crippen molar-refractivity contribution in [3.05, 3.63) is 35.4 Å². The molecule has 1 aromatic rings. The van der Waals surface area contributed by atoms with Crippen molar-refractivity contribution in [2.24, 2.45) is 4.99 Å². The van der Waals surface area contributed by atoms with Gasteiger partial charge in [0.25, 0.3) is 0 Å². The third-order valence-electron chi connectivity index (χ3n) is 3.41. The van der Waals surface area contributed by atoms with Crippen molar-refractivity contribution < 1.29 is 18.0 Å². The number of amides is 1. The van der Waals surface area contributed by atoms with Gasteiger partial charge in [-0.2, -0.15) is 13.2 Å². The minimum absolute atomic E-state index is 0.0949. The first-order chi connectivity index (χ1) is 9.76. The average molecular weight is 316 g/mol. The van der Waals surface area contributed by atoms with E-state index in [4.69, 9.17) is 0 Å². The lowest BCUT2D eigenvalue weighted by molar-refractivity contribution is -0.138. The Bertz CT molecular complexity index is 586. The van der Waals surface area contributed by atoms with Crippen LogP contribution in [-0.2, 0) is 17.5 Å². The van der Waals surface area contributed by atoms with E-state index in [1.807, 2.05) is 6.92 Å². The average Bonchev–Trinajstić information content (AvgIpc) is 2.72. The van der Waals surface area contributed by atoms with Crippen molar-refractivity contribution in [2.75, 3.05) is 0 Å². The SMILES string of the molecule is CCC1(C)SC(=NCc2ccccc2C(F)(F)F)NC1=O. The number of aliphatic imine (C=N–C) groups is 1. The Balaban J connectivity index is 2.18. The van der Waals surface area contributed by atoms with Crippen LogP contribution in [0.2, 0.25) is 0 Å². The number of alkyl halides is 3. The molecule has 114 valence electrons. The second-order valence-corrected chi connectivity index (χ2v) is 6.41. The van der Waals surface area contributed by atoms with Crippen molar-refractivity contribution >= 4 is 22.8 Å². The van der Waals surface area contributed by atoms with E-state index in [1.165, 1.54) is 23.9 Å². The number of carbonyl (C=O) groups excluding carboxylic acids is 1. The summed E-state index contributed by atoms with van der Waals surface area (Å²) >= 11 is 1.26. The second-order valence-electron chi connectivity index (χ2n) is 4.92. The number of nitrogens with zero attached hydrogens (tertiary/aromatic N) is 1. The van der Waals surface area contributed by atoms with Crippen LogP contribution in [0.5, 0.6) is 0 Å².